The predicted molar refractivity (Wildman–Crippen MR) is 112 cm³/mol. The van der Waals surface area contributed by atoms with Crippen molar-refractivity contribution in [3.8, 4) is 5.75 Å². The van der Waals surface area contributed by atoms with Crippen LogP contribution in [0.1, 0.15) is 21.5 Å². The highest BCUT2D eigenvalue weighted by Crippen LogP contribution is 2.31. The number of nitrogens with zero attached hydrogens (tertiary/aromatic N) is 3. The number of anilines is 1. The van der Waals surface area contributed by atoms with E-state index in [1.807, 2.05) is 26.2 Å². The highest BCUT2D eigenvalue weighted by atomic mass is 32.1. The topological polar surface area (TPSA) is 45.7 Å². The Morgan fingerprint density at radius 3 is 2.37 bits per heavy atom. The standard InChI is InChI=1S/C21H25N3O2S/c1-14-12-18-19(13-15(14)2)27-21(22-18)24(11-10-23(3)4)20(25)16-6-8-17(26-5)9-7-16/h6-9,12-13H,10-11H2,1-5H3. The lowest BCUT2D eigenvalue weighted by Gasteiger charge is -2.22. The summed E-state index contributed by atoms with van der Waals surface area (Å²) in [5.74, 6) is 0.685. The van der Waals surface area contributed by atoms with E-state index in [1.165, 1.54) is 11.1 Å². The molecule has 3 rings (SSSR count). The smallest absolute Gasteiger partial charge is 0.260 e. The predicted octanol–water partition coefficient (Wildman–Crippen LogP) is 4.13. The van der Waals surface area contributed by atoms with Crippen molar-refractivity contribution < 1.29 is 9.53 Å². The van der Waals surface area contributed by atoms with Gasteiger partial charge in [-0.05, 0) is 75.5 Å². The SMILES string of the molecule is COc1ccc(C(=O)N(CCN(C)C)c2nc3cc(C)c(C)cc3s2)cc1. The second-order valence-corrected chi connectivity index (χ2v) is 7.90. The summed E-state index contributed by atoms with van der Waals surface area (Å²) in [5, 5.41) is 0.734. The Kier molecular flexibility index (Phi) is 5.77. The van der Waals surface area contributed by atoms with Crippen LogP contribution < -0.4 is 9.64 Å². The molecule has 2 aromatic carbocycles. The first-order chi connectivity index (χ1) is 12.9. The molecule has 0 atom stereocenters. The molecule has 0 aliphatic carbocycles. The second kappa shape index (κ2) is 8.06. The lowest BCUT2D eigenvalue weighted by atomic mass is 10.1. The Morgan fingerprint density at radius 2 is 1.74 bits per heavy atom. The van der Waals surface area contributed by atoms with Crippen LogP contribution in [-0.2, 0) is 0 Å². The molecule has 1 heterocycles. The van der Waals surface area contributed by atoms with E-state index < -0.39 is 0 Å². The highest BCUT2D eigenvalue weighted by Gasteiger charge is 2.21. The van der Waals surface area contributed by atoms with Crippen molar-refractivity contribution in [2.45, 2.75) is 13.8 Å². The minimum atomic E-state index is -0.0491. The number of amides is 1. The molecule has 0 saturated heterocycles. The van der Waals surface area contributed by atoms with Gasteiger partial charge in [0.15, 0.2) is 5.13 Å². The molecule has 1 amide bonds. The zero-order valence-corrected chi connectivity index (χ0v) is 17.3. The molecular weight excluding hydrogens is 358 g/mol. The number of aryl methyl sites for hydroxylation is 2. The summed E-state index contributed by atoms with van der Waals surface area (Å²) in [7, 11) is 5.62. The fourth-order valence-corrected chi connectivity index (χ4v) is 3.83. The molecular formula is C21H25N3O2S. The number of ether oxygens (including phenoxy) is 1. The lowest BCUT2D eigenvalue weighted by molar-refractivity contribution is 0.0985. The van der Waals surface area contributed by atoms with Crippen molar-refractivity contribution in [3.63, 3.8) is 0 Å². The number of rotatable bonds is 6. The fourth-order valence-electron chi connectivity index (χ4n) is 2.76. The average Bonchev–Trinajstić information content (AvgIpc) is 3.04. The van der Waals surface area contributed by atoms with Gasteiger partial charge in [-0.15, -0.1) is 0 Å². The third-order valence-electron chi connectivity index (χ3n) is 4.58. The molecule has 3 aromatic rings. The van der Waals surface area contributed by atoms with Gasteiger partial charge >= 0.3 is 0 Å². The molecule has 0 spiro atoms. The van der Waals surface area contributed by atoms with E-state index in [0.29, 0.717) is 12.1 Å². The van der Waals surface area contributed by atoms with Gasteiger partial charge in [-0.2, -0.15) is 0 Å². The van der Waals surface area contributed by atoms with E-state index in [4.69, 9.17) is 9.72 Å². The summed E-state index contributed by atoms with van der Waals surface area (Å²) in [6, 6.07) is 11.4. The lowest BCUT2D eigenvalue weighted by Crippen LogP contribution is -2.36. The monoisotopic (exact) mass is 383 g/mol. The van der Waals surface area contributed by atoms with Gasteiger partial charge in [0.1, 0.15) is 5.75 Å². The van der Waals surface area contributed by atoms with Gasteiger partial charge in [0.25, 0.3) is 5.91 Å². The third kappa shape index (κ3) is 4.28. The minimum absolute atomic E-state index is 0.0491. The van der Waals surface area contributed by atoms with Crippen LogP contribution in [-0.4, -0.2) is 50.1 Å². The van der Waals surface area contributed by atoms with Crippen molar-refractivity contribution in [2.75, 3.05) is 39.2 Å². The van der Waals surface area contributed by atoms with Gasteiger partial charge in [-0.3, -0.25) is 9.69 Å². The summed E-state index contributed by atoms with van der Waals surface area (Å²) >= 11 is 1.56. The second-order valence-electron chi connectivity index (χ2n) is 6.89. The van der Waals surface area contributed by atoms with Crippen LogP contribution in [0, 0.1) is 13.8 Å². The molecule has 142 valence electrons. The highest BCUT2D eigenvalue weighted by molar-refractivity contribution is 7.22. The molecule has 0 unspecified atom stereocenters. The summed E-state index contributed by atoms with van der Waals surface area (Å²) in [4.78, 5) is 21.8. The molecule has 0 aliphatic heterocycles. The number of carbonyl (C=O) groups excluding carboxylic acids is 1. The summed E-state index contributed by atoms with van der Waals surface area (Å²) in [5.41, 5.74) is 4.01. The number of thiazole rings is 1. The molecule has 5 nitrogen and oxygen atoms in total. The minimum Gasteiger partial charge on any atom is -0.497 e. The first kappa shape index (κ1) is 19.3. The Balaban J connectivity index is 1.98. The largest absolute Gasteiger partial charge is 0.497 e. The number of hydrogen-bond donors (Lipinski definition) is 0. The van der Waals surface area contributed by atoms with E-state index in [9.17, 15) is 4.79 Å². The van der Waals surface area contributed by atoms with Gasteiger partial charge in [0.05, 0.1) is 17.3 Å². The Labute approximate surface area is 164 Å². The molecule has 0 radical (unpaired) electrons. The normalized spacial score (nSPS) is 11.2. The quantitative estimate of drug-likeness (QED) is 0.642. The first-order valence-corrected chi connectivity index (χ1v) is 9.69. The maximum absolute atomic E-state index is 13.2. The van der Waals surface area contributed by atoms with Crippen molar-refractivity contribution in [3.05, 3.63) is 53.1 Å². The van der Waals surface area contributed by atoms with Crippen LogP contribution in [0.3, 0.4) is 0 Å². The van der Waals surface area contributed by atoms with E-state index in [2.05, 4.69) is 30.9 Å². The number of likely N-dealkylation sites (N-methyl/N-ethyl adjacent to an activating group) is 1. The maximum Gasteiger partial charge on any atom is 0.260 e. The molecule has 27 heavy (non-hydrogen) atoms. The number of methoxy groups -OCH3 is 1. The van der Waals surface area contributed by atoms with Gasteiger partial charge in [-0.25, -0.2) is 4.98 Å². The molecule has 0 N–H and O–H groups in total. The third-order valence-corrected chi connectivity index (χ3v) is 5.62. The van der Waals surface area contributed by atoms with E-state index in [0.717, 1.165) is 27.6 Å². The van der Waals surface area contributed by atoms with Gasteiger partial charge in [0, 0.05) is 18.7 Å². The summed E-state index contributed by atoms with van der Waals surface area (Å²) in [6.07, 6.45) is 0. The first-order valence-electron chi connectivity index (χ1n) is 8.87. The number of aromatic nitrogens is 1. The molecule has 0 aliphatic rings. The van der Waals surface area contributed by atoms with E-state index >= 15 is 0 Å². The number of fused-ring (bicyclic) bond motifs is 1. The van der Waals surface area contributed by atoms with Gasteiger partial charge in [-0.1, -0.05) is 11.3 Å². The van der Waals surface area contributed by atoms with Crippen molar-refractivity contribution in [1.82, 2.24) is 9.88 Å². The molecule has 0 fully saturated rings. The van der Waals surface area contributed by atoms with Crippen LogP contribution in [0.25, 0.3) is 10.2 Å². The van der Waals surface area contributed by atoms with Gasteiger partial charge in [0.2, 0.25) is 0 Å². The molecule has 0 bridgehead atoms. The number of benzene rings is 2. The fraction of sp³-hybridized carbons (Fsp3) is 0.333. The molecule has 0 saturated carbocycles. The zero-order chi connectivity index (χ0) is 19.6. The Hall–Kier alpha value is -2.44. The van der Waals surface area contributed by atoms with E-state index in [1.54, 1.807) is 35.5 Å². The molecule has 6 heteroatoms. The summed E-state index contributed by atoms with van der Waals surface area (Å²) < 4.78 is 6.30. The van der Waals surface area contributed by atoms with Crippen LogP contribution in [0.2, 0.25) is 0 Å². The maximum atomic E-state index is 13.2. The van der Waals surface area contributed by atoms with Crippen molar-refractivity contribution in [2.24, 2.45) is 0 Å². The van der Waals surface area contributed by atoms with Crippen LogP contribution in [0.5, 0.6) is 5.75 Å². The summed E-state index contributed by atoms with van der Waals surface area (Å²) in [6.45, 7) is 5.52. The van der Waals surface area contributed by atoms with Crippen LogP contribution >= 0.6 is 11.3 Å². The molecule has 1 aromatic heterocycles. The Bertz CT molecular complexity index is 909. The zero-order valence-electron chi connectivity index (χ0n) is 16.4. The van der Waals surface area contributed by atoms with E-state index in [-0.39, 0.29) is 5.91 Å². The van der Waals surface area contributed by atoms with Crippen molar-refractivity contribution in [1.29, 1.82) is 0 Å². The van der Waals surface area contributed by atoms with Gasteiger partial charge < -0.3 is 9.64 Å². The number of hydrogen-bond acceptors (Lipinski definition) is 5. The number of carbonyl (C=O) groups is 1. The Morgan fingerprint density at radius 1 is 1.07 bits per heavy atom. The van der Waals surface area contributed by atoms with Crippen LogP contribution in [0.15, 0.2) is 36.4 Å². The van der Waals surface area contributed by atoms with Crippen LogP contribution in [0.4, 0.5) is 5.13 Å². The average molecular weight is 384 g/mol. The van der Waals surface area contributed by atoms with Crippen molar-refractivity contribution >= 4 is 32.6 Å².